The van der Waals surface area contributed by atoms with Crippen molar-refractivity contribution in [3.8, 4) is 0 Å². The molecule has 1 unspecified atom stereocenters. The van der Waals surface area contributed by atoms with Crippen LogP contribution in [0.1, 0.15) is 6.92 Å². The van der Waals surface area contributed by atoms with E-state index in [-0.39, 0.29) is 39.3 Å². The second-order valence-corrected chi connectivity index (χ2v) is 8.98. The van der Waals surface area contributed by atoms with Crippen molar-refractivity contribution in [3.05, 3.63) is 0 Å². The van der Waals surface area contributed by atoms with Gasteiger partial charge in [0, 0.05) is 72.0 Å². The Balaban J connectivity index is 2.94. The highest BCUT2D eigenvalue weighted by Gasteiger charge is 2.22. The average Bonchev–Trinajstić information content (AvgIpc) is 2.54. The number of aliphatic hydroxyl groups is 1. The van der Waals surface area contributed by atoms with Gasteiger partial charge in [-0.05, 0) is 6.92 Å². The number of hydrogen-bond acceptors (Lipinski definition) is 10. The lowest BCUT2D eigenvalue weighted by Gasteiger charge is -2.34. The lowest BCUT2D eigenvalue weighted by atomic mass is 10.3. The molecule has 1 atom stereocenters. The van der Waals surface area contributed by atoms with Crippen molar-refractivity contribution < 1.29 is 39.3 Å². The minimum Gasteiger partial charge on any atom is -0.549 e. The van der Waals surface area contributed by atoms with Crippen LogP contribution in [0.4, 0.5) is 0 Å². The molecular weight excluding hydrogens is 407 g/mol. The Morgan fingerprint density at radius 2 is 1.17 bits per heavy atom. The minimum atomic E-state index is -4.34. The predicted octanol–water partition coefficient (Wildman–Crippen LogP) is -4.78. The molecule has 1 aliphatic rings. The van der Waals surface area contributed by atoms with E-state index in [1.807, 2.05) is 4.90 Å². The highest BCUT2D eigenvalue weighted by atomic mass is 31.2. The first-order valence-electron chi connectivity index (χ1n) is 9.46. The van der Waals surface area contributed by atoms with Crippen molar-refractivity contribution in [3.63, 3.8) is 0 Å². The fourth-order valence-electron chi connectivity index (χ4n) is 3.22. The highest BCUT2D eigenvalue weighted by Crippen LogP contribution is 2.34. The molecule has 0 aromatic carbocycles. The number of aliphatic carboxylic acids is 2. The molecule has 0 saturated carbocycles. The lowest BCUT2D eigenvalue weighted by Crippen LogP contribution is -2.50. The van der Waals surface area contributed by atoms with Gasteiger partial charge < -0.3 is 34.7 Å². The summed E-state index contributed by atoms with van der Waals surface area (Å²) in [6.45, 7) is 3.83. The van der Waals surface area contributed by atoms with Crippen LogP contribution in [0.15, 0.2) is 0 Å². The summed E-state index contributed by atoms with van der Waals surface area (Å²) in [5, 5.41) is 31.8. The van der Waals surface area contributed by atoms with Crippen LogP contribution in [0, 0.1) is 0 Å². The molecule has 1 saturated heterocycles. The number of carboxylic acid groups (broad SMARTS) is 2. The van der Waals surface area contributed by atoms with Crippen LogP contribution in [0.3, 0.4) is 0 Å². The maximum Gasteiger partial charge on any atom is 0.339 e. The number of carbonyl (C=O) groups is 2. The lowest BCUT2D eigenvalue weighted by molar-refractivity contribution is -0.307. The van der Waals surface area contributed by atoms with E-state index >= 15 is 0 Å². The summed E-state index contributed by atoms with van der Waals surface area (Å²) in [5.74, 6) is -2.50. The molecule has 3 N–H and O–H groups in total. The standard InChI is InChI=1S/C16H33N4O8P/c1-14(21)10-17-2-4-18(11-15(22)23)6-8-20(13-29(26,27)28)9-7-19(5-3-17)12-16(24)25/h14,21H,2-13H2,1H3,(H,22,23)(H,24,25)(H2,26,27,28)/p-2. The third kappa shape index (κ3) is 12.9. The van der Waals surface area contributed by atoms with E-state index in [9.17, 15) is 39.3 Å². The Kier molecular flexibility index (Phi) is 11.2. The van der Waals surface area contributed by atoms with Gasteiger partial charge in [-0.15, -0.1) is 0 Å². The quantitative estimate of drug-likeness (QED) is 0.310. The fraction of sp³-hybridized carbons (Fsp3) is 0.875. The zero-order valence-electron chi connectivity index (χ0n) is 16.7. The summed E-state index contributed by atoms with van der Waals surface area (Å²) in [5.41, 5.74) is 0. The van der Waals surface area contributed by atoms with Crippen molar-refractivity contribution >= 4 is 19.5 Å². The molecule has 29 heavy (non-hydrogen) atoms. The number of carbonyl (C=O) groups excluding carboxylic acids is 2. The summed E-state index contributed by atoms with van der Waals surface area (Å²) in [7, 11) is -4.34. The van der Waals surface area contributed by atoms with Gasteiger partial charge in [0.15, 0.2) is 0 Å². The maximum atomic E-state index is 11.4. The normalized spacial score (nSPS) is 21.2. The Hall–Kier alpha value is -1.11. The zero-order valence-corrected chi connectivity index (χ0v) is 17.6. The van der Waals surface area contributed by atoms with Crippen molar-refractivity contribution in [1.82, 2.24) is 19.6 Å². The first-order valence-corrected chi connectivity index (χ1v) is 11.3. The number of carboxylic acids is 2. The van der Waals surface area contributed by atoms with Crippen LogP contribution in [-0.2, 0) is 14.2 Å². The van der Waals surface area contributed by atoms with Gasteiger partial charge in [0.1, 0.15) is 6.29 Å². The van der Waals surface area contributed by atoms with E-state index < -0.39 is 31.9 Å². The van der Waals surface area contributed by atoms with Gasteiger partial charge in [-0.25, -0.2) is 0 Å². The number of aliphatic hydroxyl groups excluding tert-OH is 1. The molecule has 0 aromatic heterocycles. The van der Waals surface area contributed by atoms with E-state index in [1.54, 1.807) is 16.7 Å². The van der Waals surface area contributed by atoms with Gasteiger partial charge in [-0.3, -0.25) is 24.2 Å². The molecule has 1 rings (SSSR count). The van der Waals surface area contributed by atoms with Crippen LogP contribution in [0.25, 0.3) is 0 Å². The molecule has 0 radical (unpaired) electrons. The van der Waals surface area contributed by atoms with Gasteiger partial charge in [-0.2, -0.15) is 0 Å². The molecular formula is C16H31N4O8P-2. The third-order valence-electron chi connectivity index (χ3n) is 4.54. The Morgan fingerprint density at radius 1 is 0.828 bits per heavy atom. The van der Waals surface area contributed by atoms with Crippen molar-refractivity contribution in [2.24, 2.45) is 0 Å². The maximum absolute atomic E-state index is 11.4. The van der Waals surface area contributed by atoms with Crippen LogP contribution in [-0.4, -0.2) is 131 Å². The van der Waals surface area contributed by atoms with Crippen molar-refractivity contribution in [1.29, 1.82) is 0 Å². The van der Waals surface area contributed by atoms with E-state index in [0.29, 0.717) is 32.7 Å². The predicted molar refractivity (Wildman–Crippen MR) is 99.5 cm³/mol. The van der Waals surface area contributed by atoms with Crippen LogP contribution in [0.2, 0.25) is 0 Å². The number of β-amino-alcohol motifs (C(OH)–C–C–N with tert-alkyl or cyclic N) is 1. The monoisotopic (exact) mass is 438 g/mol. The minimum absolute atomic E-state index is 0.202. The zero-order chi connectivity index (χ0) is 22.0. The molecule has 13 heteroatoms. The third-order valence-corrected chi connectivity index (χ3v) is 5.31. The Labute approximate surface area is 170 Å². The Morgan fingerprint density at radius 3 is 1.48 bits per heavy atom. The number of rotatable bonds is 8. The van der Waals surface area contributed by atoms with Crippen LogP contribution >= 0.6 is 7.60 Å². The number of hydrogen-bond donors (Lipinski definition) is 3. The number of nitrogens with zero attached hydrogens (tertiary/aromatic N) is 4. The van der Waals surface area contributed by atoms with Gasteiger partial charge in [0.25, 0.3) is 0 Å². The van der Waals surface area contributed by atoms with E-state index in [4.69, 9.17) is 0 Å². The van der Waals surface area contributed by atoms with Crippen LogP contribution in [0.5, 0.6) is 0 Å². The molecule has 0 amide bonds. The molecule has 1 heterocycles. The molecule has 170 valence electrons. The first kappa shape index (κ1) is 25.9. The second-order valence-electron chi connectivity index (χ2n) is 7.37. The summed E-state index contributed by atoms with van der Waals surface area (Å²) in [4.78, 5) is 47.4. The summed E-state index contributed by atoms with van der Waals surface area (Å²) in [6.07, 6.45) is -1.11. The Bertz CT molecular complexity index is 541. The van der Waals surface area contributed by atoms with Crippen molar-refractivity contribution in [2.75, 3.05) is 78.3 Å². The molecule has 0 spiro atoms. The largest absolute Gasteiger partial charge is 0.549 e. The molecule has 0 bridgehead atoms. The molecule has 0 aromatic rings. The van der Waals surface area contributed by atoms with Gasteiger partial charge in [0.2, 0.25) is 0 Å². The van der Waals surface area contributed by atoms with Gasteiger partial charge >= 0.3 is 7.60 Å². The summed E-state index contributed by atoms with van der Waals surface area (Å²) >= 11 is 0. The average molecular weight is 438 g/mol. The topological polar surface area (TPSA) is 171 Å². The smallest absolute Gasteiger partial charge is 0.339 e. The second kappa shape index (κ2) is 12.6. The van der Waals surface area contributed by atoms with Gasteiger partial charge in [0.05, 0.1) is 18.0 Å². The SMILES string of the molecule is CC(O)CN1CCN(CC(=O)[O-])CCN(CP(=O)(O)O)CCN(CC(=O)[O-])CC1. The van der Waals surface area contributed by atoms with Gasteiger partial charge in [-0.1, -0.05) is 0 Å². The fourth-order valence-corrected chi connectivity index (χ4v) is 4.02. The highest BCUT2D eigenvalue weighted by molar-refractivity contribution is 7.51. The molecule has 1 fully saturated rings. The first-order chi connectivity index (χ1) is 13.4. The van der Waals surface area contributed by atoms with E-state index in [0.717, 1.165) is 0 Å². The van der Waals surface area contributed by atoms with Crippen LogP contribution < -0.4 is 10.2 Å². The molecule has 1 aliphatic heterocycles. The molecule has 0 aliphatic carbocycles. The van der Waals surface area contributed by atoms with E-state index in [1.165, 1.54) is 4.90 Å². The summed E-state index contributed by atoms with van der Waals surface area (Å²) in [6, 6.07) is 0. The molecule has 12 nitrogen and oxygen atoms in total. The van der Waals surface area contributed by atoms with E-state index in [2.05, 4.69) is 0 Å². The van der Waals surface area contributed by atoms with Crippen molar-refractivity contribution in [2.45, 2.75) is 13.0 Å². The summed E-state index contributed by atoms with van der Waals surface area (Å²) < 4.78 is 11.4.